The van der Waals surface area contributed by atoms with Crippen molar-refractivity contribution in [3.63, 3.8) is 0 Å². The van der Waals surface area contributed by atoms with Crippen LogP contribution in [0.3, 0.4) is 0 Å². The second-order valence-electron chi connectivity index (χ2n) is 8.85. The van der Waals surface area contributed by atoms with E-state index in [0.717, 1.165) is 31.4 Å². The first-order valence-corrected chi connectivity index (χ1v) is 13.0. The number of hydrogen-bond donors (Lipinski definition) is 2. The van der Waals surface area contributed by atoms with Crippen LogP contribution in [0.15, 0.2) is 24.3 Å². The average Bonchev–Trinajstić information content (AvgIpc) is 2.81. The van der Waals surface area contributed by atoms with Crippen molar-refractivity contribution in [2.75, 3.05) is 19.8 Å². The Kier molecular flexibility index (Phi) is 17.5. The molecule has 0 saturated carbocycles. The lowest BCUT2D eigenvalue weighted by Crippen LogP contribution is -2.31. The van der Waals surface area contributed by atoms with E-state index in [1.54, 1.807) is 0 Å². The van der Waals surface area contributed by atoms with E-state index in [1.165, 1.54) is 50.5 Å². The fourth-order valence-corrected chi connectivity index (χ4v) is 3.45. The van der Waals surface area contributed by atoms with Crippen molar-refractivity contribution in [3.05, 3.63) is 29.8 Å². The molecule has 0 aromatic heterocycles. The topological polar surface area (TPSA) is 60.0 Å². The van der Waals surface area contributed by atoms with Crippen LogP contribution in [-0.4, -0.2) is 43.2 Å². The van der Waals surface area contributed by atoms with Crippen LogP contribution in [0.25, 0.3) is 0 Å². The van der Waals surface area contributed by atoms with Gasteiger partial charge in [0.25, 0.3) is 0 Å². The number of benzene rings is 1. The van der Waals surface area contributed by atoms with E-state index < -0.39 is 0 Å². The first-order chi connectivity index (χ1) is 15.6. The molecular formula is C27H49NO4. The van der Waals surface area contributed by atoms with Gasteiger partial charge in [-0.1, -0.05) is 71.4 Å². The molecule has 5 nitrogen and oxygen atoms in total. The lowest BCUT2D eigenvalue weighted by atomic mass is 10.0. The Morgan fingerprint density at radius 2 is 1.59 bits per heavy atom. The smallest absolute Gasteiger partial charge is 0.119 e. The maximum absolute atomic E-state index is 9.56. The van der Waals surface area contributed by atoms with Gasteiger partial charge in [-0.05, 0) is 56.7 Å². The number of ether oxygens (including phenoxy) is 2. The van der Waals surface area contributed by atoms with Crippen molar-refractivity contribution in [3.8, 4) is 5.75 Å². The molecule has 0 bridgehead atoms. The van der Waals surface area contributed by atoms with Crippen molar-refractivity contribution in [2.24, 2.45) is 0 Å². The summed E-state index contributed by atoms with van der Waals surface area (Å²) in [5.74, 6) is 0.900. The number of aliphatic hydroxyl groups is 1. The third-order valence-electron chi connectivity index (χ3n) is 5.81. The number of aryl methyl sites for hydroxylation is 1. The normalized spacial score (nSPS) is 14.3. The lowest BCUT2D eigenvalue weighted by molar-refractivity contribution is -0.0624. The molecule has 3 atom stereocenters. The number of nitrogens with one attached hydrogen (secondary N) is 1. The molecular weight excluding hydrogens is 402 g/mol. The second-order valence-corrected chi connectivity index (χ2v) is 8.85. The highest BCUT2D eigenvalue weighted by Crippen LogP contribution is 2.16. The molecule has 0 aliphatic rings. The third-order valence-corrected chi connectivity index (χ3v) is 5.81. The van der Waals surface area contributed by atoms with Crippen LogP contribution < -0.4 is 10.2 Å². The van der Waals surface area contributed by atoms with Gasteiger partial charge in [0.2, 0.25) is 0 Å². The Morgan fingerprint density at radius 1 is 0.906 bits per heavy atom. The number of unbranched alkanes of at least 4 members (excludes halogenated alkanes) is 6. The molecule has 5 heteroatoms. The van der Waals surface area contributed by atoms with Crippen LogP contribution >= 0.6 is 0 Å². The maximum Gasteiger partial charge on any atom is 0.119 e. The molecule has 0 aliphatic heterocycles. The SMILES string of the molecule is CCCCCCCCCc1ccc(OCC(C)OCCC(CC)ONCC(O)CC)cc1. The first kappa shape index (κ1) is 28.9. The standard InChI is InChI=1S/C27H49NO4/c1-5-8-9-10-11-12-13-14-24-15-17-27(18-16-24)31-22-23(4)30-20-19-26(7-3)32-28-21-25(29)6-2/h15-18,23,25-26,28-29H,5-14,19-22H2,1-4H3. The molecule has 0 fully saturated rings. The van der Waals surface area contributed by atoms with E-state index in [-0.39, 0.29) is 18.3 Å². The molecule has 1 aromatic rings. The molecule has 0 saturated heterocycles. The van der Waals surface area contributed by atoms with Crippen LogP contribution in [0, 0.1) is 0 Å². The van der Waals surface area contributed by atoms with Crippen molar-refractivity contribution in [1.82, 2.24) is 5.48 Å². The number of hydroxylamine groups is 1. The summed E-state index contributed by atoms with van der Waals surface area (Å²) in [5, 5.41) is 9.56. The van der Waals surface area contributed by atoms with Crippen molar-refractivity contribution in [1.29, 1.82) is 0 Å². The van der Waals surface area contributed by atoms with Gasteiger partial charge in [0, 0.05) is 13.2 Å². The van der Waals surface area contributed by atoms with Crippen LogP contribution in [0.5, 0.6) is 5.75 Å². The largest absolute Gasteiger partial charge is 0.491 e. The molecule has 0 aliphatic carbocycles. The zero-order valence-electron chi connectivity index (χ0n) is 21.1. The fourth-order valence-electron chi connectivity index (χ4n) is 3.45. The van der Waals surface area contributed by atoms with Gasteiger partial charge in [-0.3, -0.25) is 4.84 Å². The molecule has 32 heavy (non-hydrogen) atoms. The summed E-state index contributed by atoms with van der Waals surface area (Å²) >= 11 is 0. The minimum absolute atomic E-state index is 0.0229. The zero-order chi connectivity index (χ0) is 23.4. The van der Waals surface area contributed by atoms with Crippen LogP contribution in [-0.2, 0) is 16.0 Å². The highest BCUT2D eigenvalue weighted by Gasteiger charge is 2.10. The van der Waals surface area contributed by atoms with Crippen molar-refractivity contribution >= 4 is 0 Å². The second kappa shape index (κ2) is 19.3. The summed E-state index contributed by atoms with van der Waals surface area (Å²) in [6, 6.07) is 8.51. The van der Waals surface area contributed by atoms with Gasteiger partial charge in [-0.2, -0.15) is 5.48 Å². The number of hydrogen-bond acceptors (Lipinski definition) is 5. The molecule has 186 valence electrons. The fraction of sp³-hybridized carbons (Fsp3) is 0.778. The number of aliphatic hydroxyl groups excluding tert-OH is 1. The summed E-state index contributed by atoms with van der Waals surface area (Å²) in [6.45, 7) is 9.96. The molecule has 1 rings (SSSR count). The molecule has 3 unspecified atom stereocenters. The molecule has 0 heterocycles. The van der Waals surface area contributed by atoms with Crippen LogP contribution in [0.4, 0.5) is 0 Å². The Hall–Kier alpha value is -1.14. The Balaban J connectivity index is 2.13. The van der Waals surface area contributed by atoms with E-state index in [4.69, 9.17) is 14.3 Å². The Bertz CT molecular complexity index is 537. The van der Waals surface area contributed by atoms with Gasteiger partial charge in [-0.25, -0.2) is 0 Å². The van der Waals surface area contributed by atoms with Gasteiger partial charge in [0.05, 0.1) is 18.3 Å². The highest BCUT2D eigenvalue weighted by atomic mass is 16.7. The first-order valence-electron chi connectivity index (χ1n) is 13.0. The highest BCUT2D eigenvalue weighted by molar-refractivity contribution is 5.27. The minimum Gasteiger partial charge on any atom is -0.491 e. The summed E-state index contributed by atoms with van der Waals surface area (Å²) < 4.78 is 11.8. The zero-order valence-corrected chi connectivity index (χ0v) is 21.1. The Labute approximate surface area is 197 Å². The Morgan fingerprint density at radius 3 is 2.25 bits per heavy atom. The van der Waals surface area contributed by atoms with Crippen molar-refractivity contribution < 1.29 is 19.4 Å². The van der Waals surface area contributed by atoms with E-state index in [0.29, 0.717) is 19.8 Å². The molecule has 2 N–H and O–H groups in total. The van der Waals surface area contributed by atoms with E-state index in [1.807, 2.05) is 13.8 Å². The minimum atomic E-state index is -0.365. The molecule has 0 spiro atoms. The number of rotatable bonds is 21. The van der Waals surface area contributed by atoms with E-state index >= 15 is 0 Å². The quantitative estimate of drug-likeness (QED) is 0.171. The maximum atomic E-state index is 9.56. The summed E-state index contributed by atoms with van der Waals surface area (Å²) in [4.78, 5) is 5.62. The van der Waals surface area contributed by atoms with Gasteiger partial charge in [0.1, 0.15) is 12.4 Å². The van der Waals surface area contributed by atoms with Crippen molar-refractivity contribution in [2.45, 2.75) is 117 Å². The monoisotopic (exact) mass is 451 g/mol. The van der Waals surface area contributed by atoms with Gasteiger partial charge in [0.15, 0.2) is 0 Å². The summed E-state index contributed by atoms with van der Waals surface area (Å²) in [5.41, 5.74) is 4.26. The predicted molar refractivity (Wildman–Crippen MR) is 133 cm³/mol. The molecule has 1 aromatic carbocycles. The van der Waals surface area contributed by atoms with E-state index in [2.05, 4.69) is 43.6 Å². The third kappa shape index (κ3) is 14.8. The van der Waals surface area contributed by atoms with Gasteiger partial charge >= 0.3 is 0 Å². The van der Waals surface area contributed by atoms with Crippen LogP contribution in [0.1, 0.15) is 97.5 Å². The van der Waals surface area contributed by atoms with Gasteiger partial charge < -0.3 is 14.6 Å². The summed E-state index contributed by atoms with van der Waals surface area (Å²) in [6.07, 6.45) is 12.7. The molecule has 0 radical (unpaired) electrons. The summed E-state index contributed by atoms with van der Waals surface area (Å²) in [7, 11) is 0. The van der Waals surface area contributed by atoms with Crippen LogP contribution in [0.2, 0.25) is 0 Å². The average molecular weight is 452 g/mol. The van der Waals surface area contributed by atoms with E-state index in [9.17, 15) is 5.11 Å². The predicted octanol–water partition coefficient (Wildman–Crippen LogP) is 6.22. The molecule has 0 amide bonds. The lowest BCUT2D eigenvalue weighted by Gasteiger charge is -2.19. The van der Waals surface area contributed by atoms with Gasteiger partial charge in [-0.15, -0.1) is 0 Å².